The van der Waals surface area contributed by atoms with E-state index in [-0.39, 0.29) is 22.0 Å². The van der Waals surface area contributed by atoms with Crippen LogP contribution in [0.5, 0.6) is 5.75 Å². The summed E-state index contributed by atoms with van der Waals surface area (Å²) in [6.07, 6.45) is 0. The minimum Gasteiger partial charge on any atom is -0.496 e. The average Bonchev–Trinajstić information content (AvgIpc) is 3.52. The fourth-order valence-corrected chi connectivity index (χ4v) is 6.57. The number of carbonyl (C=O) groups is 1. The molecule has 0 spiro atoms. The van der Waals surface area contributed by atoms with Gasteiger partial charge in [0.25, 0.3) is 10.0 Å². The van der Waals surface area contributed by atoms with E-state index < -0.39 is 10.0 Å². The summed E-state index contributed by atoms with van der Waals surface area (Å²) >= 11 is 1.20. The molecule has 2 aromatic heterocycles. The number of thiophene rings is 1. The number of hydrogen-bond donors (Lipinski definition) is 3. The van der Waals surface area contributed by atoms with Crippen molar-refractivity contribution >= 4 is 44.0 Å². The van der Waals surface area contributed by atoms with Crippen molar-refractivity contribution in [2.24, 2.45) is 0 Å². The van der Waals surface area contributed by atoms with Crippen molar-refractivity contribution in [1.82, 2.24) is 20.4 Å². The zero-order valence-corrected chi connectivity index (χ0v) is 22.7. The fraction of sp³-hybridized carbons (Fsp3) is 0.308. The normalized spacial score (nSPS) is 15.9. The standard InChI is InChI=1S/C26H29N5O5S2/c1-17-6-11-23(37-17)38(33,34)30-25-24-21(4-3-5-22(24)35-2)31(29-25)15-19-9-7-18(8-10-19)14-28-26(32)20-16-36-13-12-27-20/h3-11,20,27H,12-16H2,1-2H3,(H,28,32)(H,29,30). The minimum atomic E-state index is -3.81. The maximum atomic E-state index is 13.0. The van der Waals surface area contributed by atoms with E-state index in [4.69, 9.17) is 9.47 Å². The number of rotatable bonds is 9. The van der Waals surface area contributed by atoms with Gasteiger partial charge >= 0.3 is 0 Å². The number of aryl methyl sites for hydroxylation is 1. The van der Waals surface area contributed by atoms with Crippen LogP contribution in [0.25, 0.3) is 10.9 Å². The number of carbonyl (C=O) groups excluding carboxylic acids is 1. The first-order valence-corrected chi connectivity index (χ1v) is 14.4. The van der Waals surface area contributed by atoms with Crippen LogP contribution >= 0.6 is 11.3 Å². The molecule has 38 heavy (non-hydrogen) atoms. The van der Waals surface area contributed by atoms with Gasteiger partial charge in [-0.1, -0.05) is 30.3 Å². The Morgan fingerprint density at radius 3 is 2.66 bits per heavy atom. The number of anilines is 1. The maximum Gasteiger partial charge on any atom is 0.272 e. The van der Waals surface area contributed by atoms with Gasteiger partial charge in [-0.25, -0.2) is 8.42 Å². The highest BCUT2D eigenvalue weighted by Crippen LogP contribution is 2.34. The van der Waals surface area contributed by atoms with Crippen LogP contribution < -0.4 is 20.1 Å². The van der Waals surface area contributed by atoms with E-state index >= 15 is 0 Å². The van der Waals surface area contributed by atoms with Crippen LogP contribution in [0.3, 0.4) is 0 Å². The molecule has 0 aliphatic carbocycles. The molecule has 0 radical (unpaired) electrons. The number of ether oxygens (including phenoxy) is 2. The summed E-state index contributed by atoms with van der Waals surface area (Å²) in [4.78, 5) is 13.2. The molecule has 12 heteroatoms. The summed E-state index contributed by atoms with van der Waals surface area (Å²) in [6.45, 7) is 4.34. The molecular weight excluding hydrogens is 526 g/mol. The van der Waals surface area contributed by atoms with Crippen LogP contribution in [0.15, 0.2) is 58.8 Å². The lowest BCUT2D eigenvalue weighted by atomic mass is 10.1. The van der Waals surface area contributed by atoms with Crippen LogP contribution in [0.4, 0.5) is 5.82 Å². The first-order chi connectivity index (χ1) is 18.3. The molecule has 200 valence electrons. The van der Waals surface area contributed by atoms with E-state index in [1.807, 2.05) is 43.3 Å². The lowest BCUT2D eigenvalue weighted by Crippen LogP contribution is -2.51. The molecule has 1 aliphatic heterocycles. The third kappa shape index (κ3) is 5.68. The zero-order valence-electron chi connectivity index (χ0n) is 21.1. The molecule has 1 fully saturated rings. The summed E-state index contributed by atoms with van der Waals surface area (Å²) in [7, 11) is -2.26. The van der Waals surface area contributed by atoms with Gasteiger partial charge in [-0.05, 0) is 42.3 Å². The van der Waals surface area contributed by atoms with Crippen molar-refractivity contribution in [3.63, 3.8) is 0 Å². The number of nitrogens with one attached hydrogen (secondary N) is 3. The van der Waals surface area contributed by atoms with Crippen molar-refractivity contribution in [3.8, 4) is 5.75 Å². The largest absolute Gasteiger partial charge is 0.496 e. The molecule has 0 saturated carbocycles. The quantitative estimate of drug-likeness (QED) is 0.290. The second-order valence-corrected chi connectivity index (χ2v) is 12.1. The molecule has 2 aromatic carbocycles. The topological polar surface area (TPSA) is 124 Å². The predicted molar refractivity (Wildman–Crippen MR) is 146 cm³/mol. The molecule has 3 N–H and O–H groups in total. The van der Waals surface area contributed by atoms with E-state index in [9.17, 15) is 13.2 Å². The number of morpholine rings is 1. The van der Waals surface area contributed by atoms with Crippen LogP contribution in [0.2, 0.25) is 0 Å². The number of methoxy groups -OCH3 is 1. The van der Waals surface area contributed by atoms with Crippen LogP contribution in [-0.4, -0.2) is 57.0 Å². The molecule has 4 aromatic rings. The highest BCUT2D eigenvalue weighted by atomic mass is 32.2. The Labute approximate surface area is 225 Å². The van der Waals surface area contributed by atoms with Gasteiger partial charge in [-0.2, -0.15) is 5.10 Å². The van der Waals surface area contributed by atoms with Gasteiger partial charge in [-0.3, -0.25) is 14.2 Å². The molecule has 0 bridgehead atoms. The Bertz CT molecular complexity index is 1540. The van der Waals surface area contributed by atoms with E-state index in [1.165, 1.54) is 11.3 Å². The number of aromatic nitrogens is 2. The van der Waals surface area contributed by atoms with E-state index in [0.717, 1.165) is 21.5 Å². The lowest BCUT2D eigenvalue weighted by molar-refractivity contribution is -0.126. The third-order valence-corrected chi connectivity index (χ3v) is 9.06. The van der Waals surface area contributed by atoms with E-state index in [2.05, 4.69) is 20.5 Å². The lowest BCUT2D eigenvalue weighted by Gasteiger charge is -2.22. The molecule has 5 rings (SSSR count). The van der Waals surface area contributed by atoms with Crippen molar-refractivity contribution in [3.05, 3.63) is 70.6 Å². The molecule has 1 unspecified atom stereocenters. The average molecular weight is 556 g/mol. The second kappa shape index (κ2) is 11.1. The van der Waals surface area contributed by atoms with Crippen LogP contribution in [0, 0.1) is 6.92 Å². The summed E-state index contributed by atoms with van der Waals surface area (Å²) in [6, 6.07) is 16.4. The van der Waals surface area contributed by atoms with Gasteiger partial charge in [0.1, 0.15) is 16.0 Å². The number of nitrogens with zero attached hydrogens (tertiary/aromatic N) is 2. The third-order valence-electron chi connectivity index (χ3n) is 6.23. The van der Waals surface area contributed by atoms with E-state index in [1.54, 1.807) is 30.0 Å². The predicted octanol–water partition coefficient (Wildman–Crippen LogP) is 2.87. The Morgan fingerprint density at radius 1 is 1.18 bits per heavy atom. The highest BCUT2D eigenvalue weighted by molar-refractivity contribution is 7.94. The van der Waals surface area contributed by atoms with Crippen LogP contribution in [-0.2, 0) is 32.6 Å². The number of amides is 1. The number of benzene rings is 2. The highest BCUT2D eigenvalue weighted by Gasteiger charge is 2.23. The monoisotopic (exact) mass is 555 g/mol. The second-order valence-electron chi connectivity index (χ2n) is 8.95. The summed E-state index contributed by atoms with van der Waals surface area (Å²) in [5, 5.41) is 11.3. The van der Waals surface area contributed by atoms with Crippen molar-refractivity contribution in [2.45, 2.75) is 30.3 Å². The summed E-state index contributed by atoms with van der Waals surface area (Å²) in [5.74, 6) is 0.652. The van der Waals surface area contributed by atoms with Gasteiger partial charge < -0.3 is 20.1 Å². The van der Waals surface area contributed by atoms with Gasteiger partial charge in [0.15, 0.2) is 5.82 Å². The molecule has 1 aliphatic rings. The van der Waals surface area contributed by atoms with Gasteiger partial charge in [-0.15, -0.1) is 11.3 Å². The van der Waals surface area contributed by atoms with E-state index in [0.29, 0.717) is 44.0 Å². The Hall–Kier alpha value is -3.45. The van der Waals surface area contributed by atoms with Crippen molar-refractivity contribution in [1.29, 1.82) is 0 Å². The van der Waals surface area contributed by atoms with Crippen LogP contribution in [0.1, 0.15) is 16.0 Å². The van der Waals surface area contributed by atoms with Gasteiger partial charge in [0.05, 0.1) is 37.8 Å². The number of hydrogen-bond acceptors (Lipinski definition) is 8. The van der Waals surface area contributed by atoms with Crippen molar-refractivity contribution < 1.29 is 22.7 Å². The SMILES string of the molecule is COc1cccc2c1c(NS(=O)(=O)c1ccc(C)s1)nn2Cc1ccc(CNC(=O)C2COCCN2)cc1. The minimum absolute atomic E-state index is 0.0848. The molecule has 10 nitrogen and oxygen atoms in total. The smallest absolute Gasteiger partial charge is 0.272 e. The molecule has 1 saturated heterocycles. The molecule has 3 heterocycles. The summed E-state index contributed by atoms with van der Waals surface area (Å²) in [5.41, 5.74) is 2.67. The van der Waals surface area contributed by atoms with Gasteiger partial charge in [0.2, 0.25) is 5.91 Å². The summed E-state index contributed by atoms with van der Waals surface area (Å²) < 4.78 is 41.6. The Kier molecular flexibility index (Phi) is 7.65. The first-order valence-electron chi connectivity index (χ1n) is 12.1. The maximum absolute atomic E-state index is 13.0. The molecule has 1 amide bonds. The molecule has 1 atom stereocenters. The number of sulfonamides is 1. The Balaban J connectivity index is 1.34. The Morgan fingerprint density at radius 2 is 1.97 bits per heavy atom. The van der Waals surface area contributed by atoms with Gasteiger partial charge in [0, 0.05) is 18.0 Å². The zero-order chi connectivity index (χ0) is 26.7. The molecular formula is C26H29N5O5S2. The number of fused-ring (bicyclic) bond motifs is 1. The first kappa shape index (κ1) is 26.2. The fourth-order valence-electron chi connectivity index (χ4n) is 4.28. The van der Waals surface area contributed by atoms with Crippen molar-refractivity contribution in [2.75, 3.05) is 31.6 Å².